The van der Waals surface area contributed by atoms with E-state index in [9.17, 15) is 27.0 Å². The maximum atomic E-state index is 14.9. The molecule has 0 heterocycles. The third-order valence-electron chi connectivity index (χ3n) is 11.4. The van der Waals surface area contributed by atoms with Crippen LogP contribution in [0.3, 0.4) is 0 Å². The first-order valence-corrected chi connectivity index (χ1v) is 25.3. The minimum absolute atomic E-state index is 0.00240. The number of benzene rings is 3. The van der Waals surface area contributed by atoms with Crippen LogP contribution in [0.4, 0.5) is 17.6 Å². The summed E-state index contributed by atoms with van der Waals surface area (Å²) in [7, 11) is -3.05. The Bertz CT molecular complexity index is 1620. The fourth-order valence-electron chi connectivity index (χ4n) is 7.61. The van der Waals surface area contributed by atoms with Gasteiger partial charge in [0.05, 0.1) is 13.2 Å². The van der Waals surface area contributed by atoms with Gasteiger partial charge < -0.3 is 14.4 Å². The van der Waals surface area contributed by atoms with E-state index in [0.29, 0.717) is 43.1 Å². The highest BCUT2D eigenvalue weighted by atomic mass is 31.2. The monoisotopic (exact) mass is 847 g/mol. The summed E-state index contributed by atoms with van der Waals surface area (Å²) in [6.45, 7) is 5.00. The van der Waals surface area contributed by atoms with E-state index in [-0.39, 0.29) is 17.1 Å². The average Bonchev–Trinajstić information content (AvgIpc) is 3.23. The molecule has 9 heteroatoms. The van der Waals surface area contributed by atoms with Crippen molar-refractivity contribution < 1.29 is 36.5 Å². The molecule has 3 aromatic carbocycles. The molecule has 332 valence electrons. The minimum Gasteiger partial charge on any atom is -0.490 e. The first-order chi connectivity index (χ1) is 28.7. The predicted octanol–water partition coefficient (Wildman–Crippen LogP) is 16.1. The lowest BCUT2D eigenvalue weighted by Crippen LogP contribution is -2.03. The molecule has 3 aromatic rings. The third-order valence-corrected chi connectivity index (χ3v) is 13.4. The second-order valence-corrected chi connectivity index (χ2v) is 19.1. The molecule has 0 fully saturated rings. The maximum absolute atomic E-state index is 14.9. The Hall–Kier alpha value is -2.83. The first kappa shape index (κ1) is 50.5. The van der Waals surface area contributed by atoms with E-state index in [2.05, 4.69) is 13.8 Å². The molecule has 4 nitrogen and oxygen atoms in total. The number of ether oxygens (including phenoxy) is 2. The Labute approximate surface area is 354 Å². The van der Waals surface area contributed by atoms with Gasteiger partial charge in [-0.2, -0.15) is 8.78 Å². The Morgan fingerprint density at radius 2 is 0.881 bits per heavy atom. The van der Waals surface area contributed by atoms with Crippen LogP contribution >= 0.6 is 7.37 Å². The van der Waals surface area contributed by atoms with Gasteiger partial charge in [0.2, 0.25) is 19.0 Å². The van der Waals surface area contributed by atoms with Crippen LogP contribution in [0, 0.1) is 23.3 Å². The molecule has 1 N–H and O–H groups in total. The average molecular weight is 847 g/mol. The number of hydrogen-bond acceptors (Lipinski definition) is 3. The van der Waals surface area contributed by atoms with Gasteiger partial charge >= 0.3 is 0 Å². The van der Waals surface area contributed by atoms with Gasteiger partial charge in [0.1, 0.15) is 0 Å². The molecule has 0 spiro atoms. The molecule has 0 bridgehead atoms. The van der Waals surface area contributed by atoms with E-state index in [1.807, 2.05) is 24.3 Å². The number of unbranched alkanes of at least 4 members (excludes halogenated alkanes) is 20. The van der Waals surface area contributed by atoms with Crippen molar-refractivity contribution in [3.8, 4) is 22.6 Å². The highest BCUT2D eigenvalue weighted by molar-refractivity contribution is 7.57. The van der Waals surface area contributed by atoms with Crippen molar-refractivity contribution in [3.63, 3.8) is 0 Å². The van der Waals surface area contributed by atoms with Crippen LogP contribution in [0.5, 0.6) is 11.5 Å². The van der Waals surface area contributed by atoms with Gasteiger partial charge in [-0.1, -0.05) is 160 Å². The number of aryl methyl sites for hydroxylation is 2. The molecule has 0 aliphatic carbocycles. The van der Waals surface area contributed by atoms with Gasteiger partial charge in [-0.05, 0) is 86.3 Å². The van der Waals surface area contributed by atoms with Gasteiger partial charge in [0.25, 0.3) is 0 Å². The molecule has 59 heavy (non-hydrogen) atoms. The van der Waals surface area contributed by atoms with Crippen molar-refractivity contribution in [2.24, 2.45) is 0 Å². The zero-order chi connectivity index (χ0) is 42.6. The van der Waals surface area contributed by atoms with E-state index in [0.717, 1.165) is 148 Å². The highest BCUT2D eigenvalue weighted by Crippen LogP contribution is 2.42. The summed E-state index contributed by atoms with van der Waals surface area (Å²) in [5, 5.41) is 0. The maximum Gasteiger partial charge on any atom is 0.201 e. The molecule has 1 atom stereocenters. The van der Waals surface area contributed by atoms with Crippen molar-refractivity contribution in [3.05, 3.63) is 82.9 Å². The standard InChI is InChI=1S/C50H75F4O4P/c1-3-5-21-27-41-29-31-42(32-30-41)44-34-36-46(50(54)48(44)52)58-38-24-18-14-10-8-12-16-20-26-40-59(55,56)39-25-19-15-11-7-9-13-17-23-37-57-45-35-33-43(28-22-6-4-2)47(51)49(45)53/h29-36H,3-28,37-40H2,1-2H3,(H,55,56). The van der Waals surface area contributed by atoms with Gasteiger partial charge in [-0.15, -0.1) is 0 Å². The Morgan fingerprint density at radius 3 is 1.37 bits per heavy atom. The molecular weight excluding hydrogens is 772 g/mol. The summed E-state index contributed by atoms with van der Waals surface area (Å²) in [6, 6.07) is 14.0. The van der Waals surface area contributed by atoms with Crippen molar-refractivity contribution >= 4 is 7.37 Å². The largest absolute Gasteiger partial charge is 0.490 e. The molecule has 0 amide bonds. The van der Waals surface area contributed by atoms with Crippen LogP contribution in [-0.4, -0.2) is 30.4 Å². The van der Waals surface area contributed by atoms with Crippen LogP contribution in [0.25, 0.3) is 11.1 Å². The molecule has 0 saturated carbocycles. The zero-order valence-corrected chi connectivity index (χ0v) is 37.4. The lowest BCUT2D eigenvalue weighted by Gasteiger charge is -2.11. The topological polar surface area (TPSA) is 55.8 Å². The van der Waals surface area contributed by atoms with Crippen LogP contribution in [0.1, 0.15) is 179 Å². The van der Waals surface area contributed by atoms with Crippen molar-refractivity contribution in [2.75, 3.05) is 25.5 Å². The molecule has 0 saturated heterocycles. The molecular formula is C50H75F4O4P. The molecule has 0 aliphatic rings. The van der Waals surface area contributed by atoms with Crippen molar-refractivity contribution in [1.29, 1.82) is 0 Å². The van der Waals surface area contributed by atoms with Gasteiger partial charge in [0, 0.05) is 17.9 Å². The van der Waals surface area contributed by atoms with E-state index in [1.54, 1.807) is 18.2 Å². The molecule has 0 aromatic heterocycles. The summed E-state index contributed by atoms with van der Waals surface area (Å²) < 4.78 is 82.1. The highest BCUT2D eigenvalue weighted by Gasteiger charge is 2.18. The molecule has 1 unspecified atom stereocenters. The Balaban J connectivity index is 1.09. The first-order valence-electron chi connectivity index (χ1n) is 23.3. The second-order valence-electron chi connectivity index (χ2n) is 16.6. The number of hydrogen-bond donors (Lipinski definition) is 1. The van der Waals surface area contributed by atoms with Crippen molar-refractivity contribution in [1.82, 2.24) is 0 Å². The lowest BCUT2D eigenvalue weighted by molar-refractivity contribution is 0.284. The van der Waals surface area contributed by atoms with E-state index in [1.165, 1.54) is 24.5 Å². The van der Waals surface area contributed by atoms with Crippen molar-refractivity contribution in [2.45, 2.75) is 181 Å². The summed E-state index contributed by atoms with van der Waals surface area (Å²) in [6.07, 6.45) is 27.0. The third kappa shape index (κ3) is 20.5. The summed E-state index contributed by atoms with van der Waals surface area (Å²) >= 11 is 0. The fourth-order valence-corrected chi connectivity index (χ4v) is 9.27. The lowest BCUT2D eigenvalue weighted by atomic mass is 10.0. The summed E-state index contributed by atoms with van der Waals surface area (Å²) in [4.78, 5) is 10.4. The quantitative estimate of drug-likeness (QED) is 0.0364. The molecule has 0 radical (unpaired) electrons. The summed E-state index contributed by atoms with van der Waals surface area (Å²) in [5.41, 5.74) is 2.54. The van der Waals surface area contributed by atoms with E-state index in [4.69, 9.17) is 9.47 Å². The number of halogens is 4. The number of rotatable bonds is 35. The van der Waals surface area contributed by atoms with Crippen LogP contribution < -0.4 is 9.47 Å². The van der Waals surface area contributed by atoms with Gasteiger partial charge in [-0.25, -0.2) is 8.78 Å². The second kappa shape index (κ2) is 30.2. The molecule has 0 aliphatic heterocycles. The van der Waals surface area contributed by atoms with Gasteiger partial charge in [-0.3, -0.25) is 4.57 Å². The molecule has 3 rings (SSSR count). The normalized spacial score (nSPS) is 12.5. The van der Waals surface area contributed by atoms with Crippen LogP contribution in [0.2, 0.25) is 0 Å². The predicted molar refractivity (Wildman–Crippen MR) is 238 cm³/mol. The Morgan fingerprint density at radius 1 is 0.458 bits per heavy atom. The van der Waals surface area contributed by atoms with E-state index >= 15 is 0 Å². The van der Waals surface area contributed by atoms with E-state index < -0.39 is 30.6 Å². The van der Waals surface area contributed by atoms with Gasteiger partial charge in [0.15, 0.2) is 23.1 Å². The van der Waals surface area contributed by atoms with Crippen LogP contribution in [-0.2, 0) is 17.4 Å². The zero-order valence-electron chi connectivity index (χ0n) is 36.5. The SMILES string of the molecule is CCCCCc1ccc(-c2ccc(OCCCCCCCCCCCP(=O)(O)CCCCCCCCCCCOc3ccc(CCCCC)c(F)c3F)c(F)c2F)cc1. The Kier molecular flexibility index (Phi) is 25.9. The smallest absolute Gasteiger partial charge is 0.201 e. The van der Waals surface area contributed by atoms with Crippen LogP contribution in [0.15, 0.2) is 48.5 Å². The summed E-state index contributed by atoms with van der Waals surface area (Å²) in [5.74, 6) is -3.49. The minimum atomic E-state index is -3.05. The fraction of sp³-hybridized carbons (Fsp3) is 0.640.